The Labute approximate surface area is 83.7 Å². The Morgan fingerprint density at radius 3 is 3.07 bits per heavy atom. The molecule has 4 nitrogen and oxygen atoms in total. The maximum atomic E-state index is 5.63. The quantitative estimate of drug-likeness (QED) is 0.765. The molecule has 0 bridgehead atoms. The first-order chi connectivity index (χ1) is 6.85. The third-order valence-electron chi connectivity index (χ3n) is 2.63. The first kappa shape index (κ1) is 9.27. The van der Waals surface area contributed by atoms with E-state index in [0.29, 0.717) is 18.5 Å². The van der Waals surface area contributed by atoms with E-state index in [1.165, 1.54) is 0 Å². The second-order valence-electron chi connectivity index (χ2n) is 3.41. The molecule has 2 rings (SSSR count). The lowest BCUT2D eigenvalue weighted by atomic mass is 10.0. The first-order valence-corrected chi connectivity index (χ1v) is 4.83. The van der Waals surface area contributed by atoms with E-state index >= 15 is 0 Å². The van der Waals surface area contributed by atoms with E-state index in [1.807, 2.05) is 18.2 Å². The summed E-state index contributed by atoms with van der Waals surface area (Å²) in [4.78, 5) is 6.57. The maximum Gasteiger partial charge on any atom is 0.214 e. The molecule has 1 unspecified atom stereocenters. The summed E-state index contributed by atoms with van der Waals surface area (Å²) in [6, 6.07) is 6.24. The minimum atomic E-state index is 0.453. The van der Waals surface area contributed by atoms with Crippen molar-refractivity contribution >= 4 is 5.82 Å². The number of aromatic nitrogens is 1. The summed E-state index contributed by atoms with van der Waals surface area (Å²) in [6.07, 6.45) is 1.16. The molecule has 0 aromatic carbocycles. The van der Waals surface area contributed by atoms with Gasteiger partial charge in [0.2, 0.25) is 5.88 Å². The molecule has 76 valence electrons. The van der Waals surface area contributed by atoms with E-state index in [9.17, 15) is 0 Å². The van der Waals surface area contributed by atoms with Gasteiger partial charge in [0.15, 0.2) is 0 Å². The van der Waals surface area contributed by atoms with Gasteiger partial charge in [-0.3, -0.25) is 0 Å². The van der Waals surface area contributed by atoms with Gasteiger partial charge in [-0.1, -0.05) is 6.07 Å². The second kappa shape index (κ2) is 3.84. The van der Waals surface area contributed by atoms with Crippen molar-refractivity contribution in [1.29, 1.82) is 0 Å². The number of nitrogens with zero attached hydrogens (tertiary/aromatic N) is 2. The highest BCUT2D eigenvalue weighted by atomic mass is 16.5. The number of methoxy groups -OCH3 is 1. The van der Waals surface area contributed by atoms with Gasteiger partial charge in [0.05, 0.1) is 7.11 Å². The van der Waals surface area contributed by atoms with Gasteiger partial charge in [0, 0.05) is 25.2 Å². The zero-order valence-corrected chi connectivity index (χ0v) is 8.31. The molecule has 0 saturated carbocycles. The van der Waals surface area contributed by atoms with Gasteiger partial charge in [-0.15, -0.1) is 0 Å². The summed E-state index contributed by atoms with van der Waals surface area (Å²) < 4.78 is 5.07. The van der Waals surface area contributed by atoms with Crippen molar-refractivity contribution in [2.45, 2.75) is 12.5 Å². The third-order valence-corrected chi connectivity index (χ3v) is 2.63. The Bertz CT molecular complexity index is 314. The van der Waals surface area contributed by atoms with Gasteiger partial charge in [0.1, 0.15) is 5.82 Å². The average Bonchev–Trinajstić information content (AvgIpc) is 2.17. The zero-order chi connectivity index (χ0) is 9.97. The number of rotatable bonds is 3. The topological polar surface area (TPSA) is 51.4 Å². The molecule has 0 aliphatic carbocycles. The van der Waals surface area contributed by atoms with Crippen molar-refractivity contribution in [1.82, 2.24) is 4.98 Å². The molecule has 0 amide bonds. The average molecular weight is 193 g/mol. The number of hydrogen-bond donors (Lipinski definition) is 1. The van der Waals surface area contributed by atoms with Gasteiger partial charge in [-0.25, -0.2) is 0 Å². The van der Waals surface area contributed by atoms with Crippen LogP contribution < -0.4 is 15.4 Å². The van der Waals surface area contributed by atoms with Crippen LogP contribution in [0.2, 0.25) is 0 Å². The normalized spacial score (nSPS) is 20.4. The molecule has 2 N–H and O–H groups in total. The predicted octanol–water partition coefficient (Wildman–Crippen LogP) is 0.628. The van der Waals surface area contributed by atoms with E-state index in [0.717, 1.165) is 18.8 Å². The van der Waals surface area contributed by atoms with Crippen molar-refractivity contribution in [3.8, 4) is 5.88 Å². The Morgan fingerprint density at radius 1 is 1.64 bits per heavy atom. The van der Waals surface area contributed by atoms with Crippen molar-refractivity contribution < 1.29 is 4.74 Å². The second-order valence-corrected chi connectivity index (χ2v) is 3.41. The molecule has 14 heavy (non-hydrogen) atoms. The van der Waals surface area contributed by atoms with Crippen LogP contribution in [-0.2, 0) is 0 Å². The van der Waals surface area contributed by atoms with Crippen molar-refractivity contribution in [2.75, 3.05) is 25.1 Å². The lowest BCUT2D eigenvalue weighted by Crippen LogP contribution is -2.52. The summed E-state index contributed by atoms with van der Waals surface area (Å²) in [5, 5.41) is 0. The molecule has 2 heterocycles. The number of nitrogens with two attached hydrogens (primary N) is 1. The Hall–Kier alpha value is -1.29. The van der Waals surface area contributed by atoms with E-state index in [4.69, 9.17) is 10.5 Å². The molecule has 0 spiro atoms. The molecule has 1 saturated heterocycles. The number of pyridine rings is 1. The molecule has 1 aromatic rings. The largest absolute Gasteiger partial charge is 0.481 e. The summed E-state index contributed by atoms with van der Waals surface area (Å²) >= 11 is 0. The minimum absolute atomic E-state index is 0.453. The van der Waals surface area contributed by atoms with Crippen LogP contribution in [0.1, 0.15) is 6.42 Å². The lowest BCUT2D eigenvalue weighted by Gasteiger charge is -2.41. The fourth-order valence-electron chi connectivity index (χ4n) is 1.67. The summed E-state index contributed by atoms with van der Waals surface area (Å²) in [5.41, 5.74) is 5.63. The third kappa shape index (κ3) is 1.53. The Morgan fingerprint density at radius 2 is 2.50 bits per heavy atom. The molecule has 1 aliphatic rings. The van der Waals surface area contributed by atoms with Crippen LogP contribution in [0.3, 0.4) is 0 Å². The minimum Gasteiger partial charge on any atom is -0.481 e. The number of ether oxygens (including phenoxy) is 1. The van der Waals surface area contributed by atoms with Crippen LogP contribution in [0.25, 0.3) is 0 Å². The van der Waals surface area contributed by atoms with Crippen LogP contribution in [0.5, 0.6) is 5.88 Å². The lowest BCUT2D eigenvalue weighted by molar-refractivity contribution is 0.393. The van der Waals surface area contributed by atoms with E-state index in [1.54, 1.807) is 7.11 Å². The number of hydrogen-bond acceptors (Lipinski definition) is 4. The molecule has 1 atom stereocenters. The van der Waals surface area contributed by atoms with Crippen LogP contribution in [-0.4, -0.2) is 31.2 Å². The Kier molecular flexibility index (Phi) is 2.54. The summed E-state index contributed by atoms with van der Waals surface area (Å²) in [5.74, 6) is 1.62. The summed E-state index contributed by atoms with van der Waals surface area (Å²) in [7, 11) is 1.63. The SMILES string of the molecule is COc1cccc(N2CCC2CN)n1. The van der Waals surface area contributed by atoms with Crippen molar-refractivity contribution in [3.05, 3.63) is 18.2 Å². The van der Waals surface area contributed by atoms with Crippen LogP contribution in [0.15, 0.2) is 18.2 Å². The van der Waals surface area contributed by atoms with Gasteiger partial charge in [0.25, 0.3) is 0 Å². The van der Waals surface area contributed by atoms with Crippen LogP contribution >= 0.6 is 0 Å². The van der Waals surface area contributed by atoms with Gasteiger partial charge in [-0.2, -0.15) is 4.98 Å². The highest BCUT2D eigenvalue weighted by molar-refractivity contribution is 5.44. The van der Waals surface area contributed by atoms with Gasteiger partial charge in [-0.05, 0) is 12.5 Å². The highest BCUT2D eigenvalue weighted by Crippen LogP contribution is 2.25. The van der Waals surface area contributed by atoms with Crippen LogP contribution in [0, 0.1) is 0 Å². The smallest absolute Gasteiger partial charge is 0.214 e. The van der Waals surface area contributed by atoms with Gasteiger partial charge < -0.3 is 15.4 Å². The van der Waals surface area contributed by atoms with Crippen molar-refractivity contribution in [2.24, 2.45) is 5.73 Å². The molecular formula is C10H15N3O. The van der Waals surface area contributed by atoms with E-state index < -0.39 is 0 Å². The fraction of sp³-hybridized carbons (Fsp3) is 0.500. The van der Waals surface area contributed by atoms with E-state index in [-0.39, 0.29) is 0 Å². The van der Waals surface area contributed by atoms with Gasteiger partial charge >= 0.3 is 0 Å². The molecule has 1 aromatic heterocycles. The molecule has 1 aliphatic heterocycles. The zero-order valence-electron chi connectivity index (χ0n) is 8.31. The molecule has 1 fully saturated rings. The Balaban J connectivity index is 2.15. The molecule has 4 heteroatoms. The molecular weight excluding hydrogens is 178 g/mol. The standard InChI is InChI=1S/C10H15N3O/c1-14-10-4-2-3-9(12-10)13-6-5-8(13)7-11/h2-4,8H,5-7,11H2,1H3. The maximum absolute atomic E-state index is 5.63. The fourth-order valence-corrected chi connectivity index (χ4v) is 1.67. The predicted molar refractivity (Wildman–Crippen MR) is 55.6 cm³/mol. The summed E-state index contributed by atoms with van der Waals surface area (Å²) in [6.45, 7) is 1.74. The van der Waals surface area contributed by atoms with Crippen molar-refractivity contribution in [3.63, 3.8) is 0 Å². The monoisotopic (exact) mass is 193 g/mol. The highest BCUT2D eigenvalue weighted by Gasteiger charge is 2.27. The van der Waals surface area contributed by atoms with E-state index in [2.05, 4.69) is 9.88 Å². The molecule has 0 radical (unpaired) electrons. The first-order valence-electron chi connectivity index (χ1n) is 4.83. The van der Waals surface area contributed by atoms with Crippen LogP contribution in [0.4, 0.5) is 5.82 Å². The number of anilines is 1.